The highest BCUT2D eigenvalue weighted by Gasteiger charge is 2.42. The lowest BCUT2D eigenvalue weighted by Crippen LogP contribution is -2.66. The summed E-state index contributed by atoms with van der Waals surface area (Å²) in [6.45, 7) is 7.33. The van der Waals surface area contributed by atoms with Gasteiger partial charge in [-0.15, -0.1) is 0 Å². The molecular formula is C21H27N5O2. The summed E-state index contributed by atoms with van der Waals surface area (Å²) in [5, 5.41) is 11.1. The van der Waals surface area contributed by atoms with Gasteiger partial charge in [0.05, 0.1) is 17.8 Å². The molecule has 1 aromatic heterocycles. The third-order valence-electron chi connectivity index (χ3n) is 5.55. The molecule has 0 unspecified atom stereocenters. The highest BCUT2D eigenvalue weighted by molar-refractivity contribution is 6.02. The minimum atomic E-state index is -0.634. The molecule has 0 radical (unpaired) electrons. The van der Waals surface area contributed by atoms with Crippen LogP contribution in [0.2, 0.25) is 0 Å². The summed E-state index contributed by atoms with van der Waals surface area (Å²) in [6.07, 6.45) is 1.58. The van der Waals surface area contributed by atoms with Gasteiger partial charge in [-0.05, 0) is 31.0 Å². The van der Waals surface area contributed by atoms with Gasteiger partial charge in [0.1, 0.15) is 11.4 Å². The predicted molar refractivity (Wildman–Crippen MR) is 107 cm³/mol. The van der Waals surface area contributed by atoms with Crippen molar-refractivity contribution < 1.29 is 9.59 Å². The Morgan fingerprint density at radius 1 is 1.21 bits per heavy atom. The van der Waals surface area contributed by atoms with Gasteiger partial charge < -0.3 is 15.5 Å². The van der Waals surface area contributed by atoms with E-state index in [-0.39, 0.29) is 17.2 Å². The molecule has 4 rings (SSSR count). The Morgan fingerprint density at radius 2 is 1.96 bits per heavy atom. The van der Waals surface area contributed by atoms with Gasteiger partial charge in [-0.25, -0.2) is 0 Å². The molecule has 148 valence electrons. The van der Waals surface area contributed by atoms with Crippen LogP contribution in [0.1, 0.15) is 60.2 Å². The second-order valence-electron chi connectivity index (χ2n) is 8.83. The van der Waals surface area contributed by atoms with Crippen molar-refractivity contribution in [3.8, 4) is 0 Å². The number of carbonyl (C=O) groups excluding carboxylic acids is 2. The largest absolute Gasteiger partial charge is 0.361 e. The third-order valence-corrected chi connectivity index (χ3v) is 5.55. The summed E-state index contributed by atoms with van der Waals surface area (Å²) in [7, 11) is 1.80. The number of amides is 2. The van der Waals surface area contributed by atoms with E-state index in [9.17, 15) is 9.59 Å². The maximum absolute atomic E-state index is 13.2. The van der Waals surface area contributed by atoms with Crippen LogP contribution in [0.5, 0.6) is 0 Å². The fourth-order valence-electron chi connectivity index (χ4n) is 3.99. The maximum Gasteiger partial charge on any atom is 0.272 e. The van der Waals surface area contributed by atoms with Crippen molar-refractivity contribution in [3.05, 3.63) is 47.3 Å². The van der Waals surface area contributed by atoms with Gasteiger partial charge in [-0.2, -0.15) is 5.10 Å². The van der Waals surface area contributed by atoms with E-state index < -0.39 is 5.66 Å². The number of anilines is 1. The number of likely N-dealkylation sites (tertiary alicyclic amines) is 1. The molecule has 3 heterocycles. The molecule has 1 aromatic carbocycles. The van der Waals surface area contributed by atoms with Crippen LogP contribution in [0, 0.1) is 0 Å². The van der Waals surface area contributed by atoms with Crippen LogP contribution in [-0.2, 0) is 12.5 Å². The summed E-state index contributed by atoms with van der Waals surface area (Å²) in [6, 6.07) is 9.36. The van der Waals surface area contributed by atoms with Gasteiger partial charge in [0.2, 0.25) is 0 Å². The number of fused-ring (bicyclic) bond motifs is 1. The van der Waals surface area contributed by atoms with Gasteiger partial charge in [-0.1, -0.05) is 32.9 Å². The zero-order valence-corrected chi connectivity index (χ0v) is 16.9. The molecule has 2 aromatic rings. The molecule has 28 heavy (non-hydrogen) atoms. The third kappa shape index (κ3) is 3.15. The van der Waals surface area contributed by atoms with Crippen molar-refractivity contribution in [3.63, 3.8) is 0 Å². The molecule has 1 saturated heterocycles. The number of aryl methyl sites for hydroxylation is 1. The Balaban J connectivity index is 1.59. The summed E-state index contributed by atoms with van der Waals surface area (Å²) in [5.41, 5.74) is 2.16. The Morgan fingerprint density at radius 3 is 2.68 bits per heavy atom. The lowest BCUT2D eigenvalue weighted by Gasteiger charge is -2.46. The van der Waals surface area contributed by atoms with Crippen molar-refractivity contribution in [1.29, 1.82) is 0 Å². The van der Waals surface area contributed by atoms with Crippen LogP contribution < -0.4 is 10.6 Å². The first-order valence-electron chi connectivity index (χ1n) is 9.72. The lowest BCUT2D eigenvalue weighted by molar-refractivity contribution is 0.0583. The Labute approximate surface area is 165 Å². The monoisotopic (exact) mass is 381 g/mol. The van der Waals surface area contributed by atoms with Crippen molar-refractivity contribution in [2.24, 2.45) is 7.05 Å². The zero-order valence-electron chi connectivity index (χ0n) is 16.9. The van der Waals surface area contributed by atoms with Crippen molar-refractivity contribution >= 4 is 17.5 Å². The number of hydrogen-bond acceptors (Lipinski definition) is 4. The van der Waals surface area contributed by atoms with Crippen molar-refractivity contribution in [2.45, 2.75) is 44.7 Å². The smallest absolute Gasteiger partial charge is 0.272 e. The summed E-state index contributed by atoms with van der Waals surface area (Å²) in [5.74, 6) is -0.154. The molecule has 1 spiro atoms. The molecule has 2 aliphatic rings. The van der Waals surface area contributed by atoms with Gasteiger partial charge >= 0.3 is 0 Å². The number of benzene rings is 1. The minimum Gasteiger partial charge on any atom is -0.361 e. The number of aromatic nitrogens is 2. The summed E-state index contributed by atoms with van der Waals surface area (Å²) < 4.78 is 1.66. The minimum absolute atomic E-state index is 0.0560. The summed E-state index contributed by atoms with van der Waals surface area (Å²) >= 11 is 0. The fraction of sp³-hybridized carbons (Fsp3) is 0.476. The molecule has 0 aliphatic carbocycles. The highest BCUT2D eigenvalue weighted by atomic mass is 16.2. The van der Waals surface area contributed by atoms with Crippen LogP contribution in [0.4, 0.5) is 5.69 Å². The van der Waals surface area contributed by atoms with E-state index in [4.69, 9.17) is 0 Å². The second kappa shape index (κ2) is 6.36. The average Bonchev–Trinajstić information content (AvgIpc) is 3.03. The van der Waals surface area contributed by atoms with Crippen LogP contribution in [0.3, 0.4) is 0 Å². The molecule has 0 saturated carbocycles. The summed E-state index contributed by atoms with van der Waals surface area (Å²) in [4.78, 5) is 27.7. The van der Waals surface area contributed by atoms with Gasteiger partial charge in [0, 0.05) is 24.7 Å². The maximum atomic E-state index is 13.2. The first kappa shape index (κ1) is 18.5. The molecule has 0 bridgehead atoms. The number of carbonyl (C=O) groups is 2. The molecule has 1 atom stereocenters. The fourth-order valence-corrected chi connectivity index (χ4v) is 3.99. The highest BCUT2D eigenvalue weighted by Crippen LogP contribution is 2.31. The van der Waals surface area contributed by atoms with E-state index in [0.29, 0.717) is 24.3 Å². The standard InChI is InChI=1S/C21H27N5O2/c1-20(2,3)17-12-16(25(4)24-17)19(28)26-11-7-10-21(13-26)22-15-9-6-5-8-14(15)18(27)23-21/h5-6,8-9,12,22H,7,10-11,13H2,1-4H3,(H,23,27)/t21-/m1/s1. The van der Waals surface area contributed by atoms with E-state index in [1.165, 1.54) is 0 Å². The van der Waals surface area contributed by atoms with E-state index in [1.54, 1.807) is 17.8 Å². The SMILES string of the molecule is Cn1nc(C(C)(C)C)cc1C(=O)N1CCC[C@]2(C1)NC(=O)c1ccccc1N2. The van der Waals surface area contributed by atoms with E-state index in [2.05, 4.69) is 36.5 Å². The van der Waals surface area contributed by atoms with Crippen LogP contribution in [0.25, 0.3) is 0 Å². The van der Waals surface area contributed by atoms with Gasteiger partial charge in [0.15, 0.2) is 0 Å². The first-order chi connectivity index (χ1) is 13.2. The number of piperidine rings is 1. The second-order valence-corrected chi connectivity index (χ2v) is 8.83. The van der Waals surface area contributed by atoms with Gasteiger partial charge in [0.25, 0.3) is 11.8 Å². The molecule has 1 fully saturated rings. The van der Waals surface area contributed by atoms with Crippen molar-refractivity contribution in [2.75, 3.05) is 18.4 Å². The topological polar surface area (TPSA) is 79.3 Å². The van der Waals surface area contributed by atoms with Crippen molar-refractivity contribution in [1.82, 2.24) is 20.0 Å². The van der Waals surface area contributed by atoms with Crippen LogP contribution in [0.15, 0.2) is 30.3 Å². The molecular weight excluding hydrogens is 354 g/mol. The Bertz CT molecular complexity index is 943. The molecule has 2 amide bonds. The lowest BCUT2D eigenvalue weighted by atomic mass is 9.92. The quantitative estimate of drug-likeness (QED) is 0.796. The average molecular weight is 381 g/mol. The predicted octanol–water partition coefficient (Wildman–Crippen LogP) is 2.51. The molecule has 7 heteroatoms. The Hall–Kier alpha value is -2.83. The number of para-hydroxylation sites is 1. The molecule has 2 N–H and O–H groups in total. The first-order valence-corrected chi connectivity index (χ1v) is 9.72. The molecule has 7 nitrogen and oxygen atoms in total. The number of hydrogen-bond donors (Lipinski definition) is 2. The normalized spacial score (nSPS) is 21.9. The number of nitrogens with one attached hydrogen (secondary N) is 2. The van der Waals surface area contributed by atoms with E-state index in [0.717, 1.165) is 24.2 Å². The van der Waals surface area contributed by atoms with Crippen LogP contribution >= 0.6 is 0 Å². The van der Waals surface area contributed by atoms with E-state index in [1.807, 2.05) is 29.2 Å². The number of nitrogens with zero attached hydrogens (tertiary/aromatic N) is 3. The van der Waals surface area contributed by atoms with Crippen LogP contribution in [-0.4, -0.2) is 45.2 Å². The van der Waals surface area contributed by atoms with Gasteiger partial charge in [-0.3, -0.25) is 14.3 Å². The molecule has 2 aliphatic heterocycles. The Kier molecular flexibility index (Phi) is 4.21. The van der Waals surface area contributed by atoms with E-state index >= 15 is 0 Å². The number of rotatable bonds is 1. The zero-order chi connectivity index (χ0) is 20.1.